The molecule has 1 N–H and O–H groups in total. The minimum absolute atomic E-state index is 0.0537. The Morgan fingerprint density at radius 3 is 2.59 bits per heavy atom. The summed E-state index contributed by atoms with van der Waals surface area (Å²) in [6.07, 6.45) is 6.12. The zero-order valence-electron chi connectivity index (χ0n) is 13.7. The van der Waals surface area contributed by atoms with E-state index < -0.39 is 0 Å². The van der Waals surface area contributed by atoms with Crippen LogP contribution in [-0.2, 0) is 4.74 Å². The first-order valence-corrected chi connectivity index (χ1v) is 7.98. The molecular weight excluding hydrogens is 280 g/mol. The van der Waals surface area contributed by atoms with Gasteiger partial charge in [0.2, 0.25) is 5.88 Å². The average molecular weight is 306 g/mol. The number of aromatic nitrogens is 1. The lowest BCUT2D eigenvalue weighted by Crippen LogP contribution is -2.32. The molecule has 1 aromatic heterocycles. The Morgan fingerprint density at radius 2 is 2.00 bits per heavy atom. The van der Waals surface area contributed by atoms with E-state index in [2.05, 4.69) is 10.3 Å². The van der Waals surface area contributed by atoms with Crippen LogP contribution in [0.15, 0.2) is 18.3 Å². The molecule has 0 saturated heterocycles. The third-order valence-electron chi connectivity index (χ3n) is 3.56. The van der Waals surface area contributed by atoms with Crippen LogP contribution < -0.4 is 10.1 Å². The molecule has 1 aliphatic carbocycles. The molecule has 0 bridgehead atoms. The van der Waals surface area contributed by atoms with E-state index in [1.807, 2.05) is 20.8 Å². The first kappa shape index (κ1) is 16.7. The van der Waals surface area contributed by atoms with Gasteiger partial charge in [-0.25, -0.2) is 4.98 Å². The fourth-order valence-electron chi connectivity index (χ4n) is 2.43. The molecule has 2 rings (SSSR count). The summed E-state index contributed by atoms with van der Waals surface area (Å²) in [6, 6.07) is 3.79. The van der Waals surface area contributed by atoms with Crippen molar-refractivity contribution in [3.63, 3.8) is 0 Å². The first-order valence-electron chi connectivity index (χ1n) is 7.98. The van der Waals surface area contributed by atoms with Crippen LogP contribution in [0, 0.1) is 0 Å². The highest BCUT2D eigenvalue weighted by atomic mass is 16.5. The number of pyridine rings is 1. The van der Waals surface area contributed by atoms with Crippen molar-refractivity contribution < 1.29 is 14.3 Å². The van der Waals surface area contributed by atoms with Crippen LogP contribution in [0.5, 0.6) is 5.88 Å². The summed E-state index contributed by atoms with van der Waals surface area (Å²) in [4.78, 5) is 16.2. The summed E-state index contributed by atoms with van der Waals surface area (Å²) in [6.45, 7) is 6.96. The lowest BCUT2D eigenvalue weighted by Gasteiger charge is -2.19. The quantitative estimate of drug-likeness (QED) is 0.821. The SMILES string of the molecule is CC(C)(C)OCCOc1ccc(C(=O)NC2CCCC2)cn1. The molecule has 1 aromatic rings. The predicted molar refractivity (Wildman–Crippen MR) is 85.2 cm³/mol. The van der Waals surface area contributed by atoms with Crippen LogP contribution in [0.4, 0.5) is 0 Å². The number of hydrogen-bond acceptors (Lipinski definition) is 4. The van der Waals surface area contributed by atoms with E-state index in [1.54, 1.807) is 18.3 Å². The van der Waals surface area contributed by atoms with Gasteiger partial charge in [-0.2, -0.15) is 0 Å². The van der Waals surface area contributed by atoms with E-state index in [-0.39, 0.29) is 11.5 Å². The fraction of sp³-hybridized carbons (Fsp3) is 0.647. The number of ether oxygens (including phenoxy) is 2. The highest BCUT2D eigenvalue weighted by Gasteiger charge is 2.18. The van der Waals surface area contributed by atoms with E-state index in [1.165, 1.54) is 12.8 Å². The summed E-state index contributed by atoms with van der Waals surface area (Å²) in [5.74, 6) is 0.456. The van der Waals surface area contributed by atoms with E-state index >= 15 is 0 Å². The van der Waals surface area contributed by atoms with Crippen LogP contribution >= 0.6 is 0 Å². The Kier molecular flexibility index (Phi) is 5.77. The van der Waals surface area contributed by atoms with Crippen LogP contribution in [0.25, 0.3) is 0 Å². The van der Waals surface area contributed by atoms with Crippen LogP contribution in [0.2, 0.25) is 0 Å². The van der Waals surface area contributed by atoms with Gasteiger partial charge in [-0.05, 0) is 39.7 Å². The van der Waals surface area contributed by atoms with Gasteiger partial charge in [-0.3, -0.25) is 4.79 Å². The molecule has 5 heteroatoms. The maximum absolute atomic E-state index is 12.1. The number of nitrogens with zero attached hydrogens (tertiary/aromatic N) is 1. The molecule has 0 radical (unpaired) electrons. The van der Waals surface area contributed by atoms with Crippen molar-refractivity contribution >= 4 is 5.91 Å². The smallest absolute Gasteiger partial charge is 0.253 e. The van der Waals surface area contributed by atoms with Crippen molar-refractivity contribution in [1.29, 1.82) is 0 Å². The number of rotatable bonds is 6. The number of carbonyl (C=O) groups excluding carboxylic acids is 1. The third-order valence-corrected chi connectivity index (χ3v) is 3.56. The predicted octanol–water partition coefficient (Wildman–Crippen LogP) is 2.95. The molecule has 122 valence electrons. The van der Waals surface area contributed by atoms with Crippen LogP contribution in [0.3, 0.4) is 0 Å². The van der Waals surface area contributed by atoms with Crippen molar-refractivity contribution in [2.45, 2.75) is 58.1 Å². The zero-order valence-corrected chi connectivity index (χ0v) is 13.7. The van der Waals surface area contributed by atoms with Crippen LogP contribution in [0.1, 0.15) is 56.8 Å². The number of carbonyl (C=O) groups is 1. The van der Waals surface area contributed by atoms with Gasteiger partial charge >= 0.3 is 0 Å². The molecular formula is C17H26N2O3. The van der Waals surface area contributed by atoms with Gasteiger partial charge in [0, 0.05) is 18.3 Å². The highest BCUT2D eigenvalue weighted by molar-refractivity contribution is 5.94. The minimum Gasteiger partial charge on any atom is -0.475 e. The van der Waals surface area contributed by atoms with E-state index in [0.717, 1.165) is 12.8 Å². The molecule has 1 heterocycles. The Labute approximate surface area is 132 Å². The molecule has 1 saturated carbocycles. The topological polar surface area (TPSA) is 60.5 Å². The summed E-state index contributed by atoms with van der Waals surface area (Å²) in [7, 11) is 0. The minimum atomic E-state index is -0.168. The lowest BCUT2D eigenvalue weighted by molar-refractivity contribution is -0.0168. The van der Waals surface area contributed by atoms with Crippen molar-refractivity contribution in [3.05, 3.63) is 23.9 Å². The van der Waals surface area contributed by atoms with Crippen molar-refractivity contribution in [2.75, 3.05) is 13.2 Å². The van der Waals surface area contributed by atoms with Crippen molar-refractivity contribution in [3.8, 4) is 5.88 Å². The van der Waals surface area contributed by atoms with E-state index in [4.69, 9.17) is 9.47 Å². The molecule has 0 aliphatic heterocycles. The summed E-state index contributed by atoms with van der Waals surface area (Å²) in [5.41, 5.74) is 0.407. The molecule has 0 spiro atoms. The Bertz CT molecular complexity index is 474. The van der Waals surface area contributed by atoms with Gasteiger partial charge in [0.15, 0.2) is 0 Å². The van der Waals surface area contributed by atoms with Gasteiger partial charge in [-0.1, -0.05) is 12.8 Å². The molecule has 1 fully saturated rings. The summed E-state index contributed by atoms with van der Waals surface area (Å²) >= 11 is 0. The second-order valence-electron chi connectivity index (χ2n) is 6.65. The zero-order chi connectivity index (χ0) is 16.0. The average Bonchev–Trinajstić information content (AvgIpc) is 2.96. The molecule has 0 atom stereocenters. The van der Waals surface area contributed by atoms with Crippen molar-refractivity contribution in [1.82, 2.24) is 10.3 Å². The number of hydrogen-bond donors (Lipinski definition) is 1. The highest BCUT2D eigenvalue weighted by Crippen LogP contribution is 2.18. The van der Waals surface area contributed by atoms with Crippen molar-refractivity contribution in [2.24, 2.45) is 0 Å². The van der Waals surface area contributed by atoms with Gasteiger partial charge < -0.3 is 14.8 Å². The summed E-state index contributed by atoms with van der Waals surface area (Å²) < 4.78 is 11.1. The van der Waals surface area contributed by atoms with Crippen LogP contribution in [-0.4, -0.2) is 35.7 Å². The number of amides is 1. The van der Waals surface area contributed by atoms with Gasteiger partial charge in [-0.15, -0.1) is 0 Å². The third kappa shape index (κ3) is 5.64. The monoisotopic (exact) mass is 306 g/mol. The lowest BCUT2D eigenvalue weighted by atomic mass is 10.2. The molecule has 0 aromatic carbocycles. The standard InChI is InChI=1S/C17H26N2O3/c1-17(2,3)22-11-10-21-15-9-8-13(12-18-15)16(20)19-14-6-4-5-7-14/h8-9,12,14H,4-7,10-11H2,1-3H3,(H,19,20). The Balaban J connectivity index is 1.76. The Morgan fingerprint density at radius 1 is 1.27 bits per heavy atom. The molecule has 0 unspecified atom stereocenters. The fourth-order valence-corrected chi connectivity index (χ4v) is 2.43. The Hall–Kier alpha value is -1.62. The molecule has 1 aliphatic rings. The van der Waals surface area contributed by atoms with E-state index in [0.29, 0.717) is 30.7 Å². The van der Waals surface area contributed by atoms with Gasteiger partial charge in [0.05, 0.1) is 17.8 Å². The van der Waals surface area contributed by atoms with Gasteiger partial charge in [0.1, 0.15) is 6.61 Å². The second-order valence-corrected chi connectivity index (χ2v) is 6.65. The maximum Gasteiger partial charge on any atom is 0.253 e. The first-order chi connectivity index (χ1) is 10.4. The number of nitrogens with one attached hydrogen (secondary N) is 1. The van der Waals surface area contributed by atoms with Gasteiger partial charge in [0.25, 0.3) is 5.91 Å². The maximum atomic E-state index is 12.1. The molecule has 1 amide bonds. The largest absolute Gasteiger partial charge is 0.475 e. The van der Waals surface area contributed by atoms with E-state index in [9.17, 15) is 4.79 Å². The molecule has 22 heavy (non-hydrogen) atoms. The molecule has 5 nitrogen and oxygen atoms in total. The normalized spacial score (nSPS) is 15.8. The second kappa shape index (κ2) is 7.58. The summed E-state index contributed by atoms with van der Waals surface area (Å²) in [5, 5.41) is 3.04.